The van der Waals surface area contributed by atoms with Crippen LogP contribution in [0, 0.1) is 12.8 Å². The molecule has 0 aromatic heterocycles. The number of unbranched alkanes of at least 4 members (excludes halogenated alkanes) is 1. The molecule has 1 amide bonds. The van der Waals surface area contributed by atoms with Crippen molar-refractivity contribution in [1.29, 1.82) is 0 Å². The van der Waals surface area contributed by atoms with Gasteiger partial charge in [0.1, 0.15) is 6.17 Å². The van der Waals surface area contributed by atoms with Gasteiger partial charge in [-0.3, -0.25) is 10.1 Å². The van der Waals surface area contributed by atoms with Crippen molar-refractivity contribution >= 4 is 5.91 Å². The van der Waals surface area contributed by atoms with Crippen LogP contribution < -0.4 is 5.32 Å². The van der Waals surface area contributed by atoms with E-state index in [0.29, 0.717) is 5.91 Å². The van der Waals surface area contributed by atoms with Gasteiger partial charge in [-0.05, 0) is 37.7 Å². The first-order valence-corrected chi connectivity index (χ1v) is 8.32. The number of carbonyl (C=O) groups excluding carboxylic acids is 1. The molecular weight excluding hydrogens is 260 g/mol. The molecule has 1 aliphatic heterocycles. The standard InChI is InChI=1S/C18H26N2O/c1-3-4-8-16-18(21)20(12-14-9-10-14)17(19-16)15-7-5-6-13(2)11-15/h5-7,11,14,16-17,19H,3-4,8-10,12H2,1-2H3. The summed E-state index contributed by atoms with van der Waals surface area (Å²) in [5.41, 5.74) is 2.48. The number of carbonyl (C=O) groups is 1. The Balaban J connectivity index is 1.79. The lowest BCUT2D eigenvalue weighted by molar-refractivity contribution is -0.130. The molecule has 1 N–H and O–H groups in total. The van der Waals surface area contributed by atoms with Crippen LogP contribution in [0.4, 0.5) is 0 Å². The zero-order chi connectivity index (χ0) is 14.8. The Morgan fingerprint density at radius 1 is 1.33 bits per heavy atom. The monoisotopic (exact) mass is 286 g/mol. The third-order valence-electron chi connectivity index (χ3n) is 4.61. The zero-order valence-electron chi connectivity index (χ0n) is 13.1. The van der Waals surface area contributed by atoms with E-state index in [1.807, 2.05) is 0 Å². The quantitative estimate of drug-likeness (QED) is 0.869. The van der Waals surface area contributed by atoms with Crippen LogP contribution in [-0.4, -0.2) is 23.4 Å². The van der Waals surface area contributed by atoms with E-state index in [1.165, 1.54) is 24.0 Å². The fraction of sp³-hybridized carbons (Fsp3) is 0.611. The van der Waals surface area contributed by atoms with Crippen LogP contribution in [0.3, 0.4) is 0 Å². The molecule has 2 atom stereocenters. The summed E-state index contributed by atoms with van der Waals surface area (Å²) < 4.78 is 0. The van der Waals surface area contributed by atoms with Crippen molar-refractivity contribution in [2.45, 2.75) is 58.2 Å². The molecule has 1 saturated heterocycles. The normalized spacial score (nSPS) is 25.6. The Hall–Kier alpha value is -1.35. The van der Waals surface area contributed by atoms with Crippen molar-refractivity contribution in [3.63, 3.8) is 0 Å². The molecule has 114 valence electrons. The number of rotatable bonds is 6. The molecule has 1 aliphatic carbocycles. The Morgan fingerprint density at radius 3 is 2.81 bits per heavy atom. The second kappa shape index (κ2) is 6.18. The van der Waals surface area contributed by atoms with Crippen molar-refractivity contribution in [2.24, 2.45) is 5.92 Å². The van der Waals surface area contributed by atoms with Gasteiger partial charge in [-0.25, -0.2) is 0 Å². The van der Waals surface area contributed by atoms with Gasteiger partial charge >= 0.3 is 0 Å². The Labute approximate surface area is 127 Å². The molecule has 3 rings (SSSR count). The van der Waals surface area contributed by atoms with Gasteiger partial charge in [-0.2, -0.15) is 0 Å². The molecule has 0 spiro atoms. The highest BCUT2D eigenvalue weighted by Crippen LogP contribution is 2.35. The molecule has 2 aliphatic rings. The zero-order valence-corrected chi connectivity index (χ0v) is 13.1. The highest BCUT2D eigenvalue weighted by atomic mass is 16.2. The molecule has 0 bridgehead atoms. The predicted octanol–water partition coefficient (Wildman–Crippen LogP) is 3.39. The van der Waals surface area contributed by atoms with Gasteiger partial charge in [-0.1, -0.05) is 49.6 Å². The number of hydrogen-bond acceptors (Lipinski definition) is 2. The molecular formula is C18H26N2O. The lowest BCUT2D eigenvalue weighted by Crippen LogP contribution is -2.32. The van der Waals surface area contributed by atoms with E-state index in [4.69, 9.17) is 0 Å². The smallest absolute Gasteiger partial charge is 0.241 e. The minimum Gasteiger partial charge on any atom is -0.321 e. The van der Waals surface area contributed by atoms with E-state index in [0.717, 1.165) is 31.7 Å². The summed E-state index contributed by atoms with van der Waals surface area (Å²) in [5, 5.41) is 3.58. The Kier molecular flexibility index (Phi) is 4.29. The van der Waals surface area contributed by atoms with Gasteiger partial charge in [0.15, 0.2) is 0 Å². The average Bonchev–Trinajstić information content (AvgIpc) is 3.23. The van der Waals surface area contributed by atoms with Crippen molar-refractivity contribution in [2.75, 3.05) is 6.54 Å². The van der Waals surface area contributed by atoms with Crippen LogP contribution in [0.2, 0.25) is 0 Å². The summed E-state index contributed by atoms with van der Waals surface area (Å²) in [5.74, 6) is 1.04. The lowest BCUT2D eigenvalue weighted by Gasteiger charge is -2.24. The Morgan fingerprint density at radius 2 is 2.14 bits per heavy atom. The first-order valence-electron chi connectivity index (χ1n) is 8.32. The number of amides is 1. The van der Waals surface area contributed by atoms with Crippen LogP contribution in [-0.2, 0) is 4.79 Å². The topological polar surface area (TPSA) is 32.3 Å². The molecule has 1 heterocycles. The van der Waals surface area contributed by atoms with Crippen LogP contribution in [0.25, 0.3) is 0 Å². The molecule has 2 unspecified atom stereocenters. The minimum atomic E-state index is 0.00853. The number of nitrogens with one attached hydrogen (secondary N) is 1. The van der Waals surface area contributed by atoms with E-state index in [2.05, 4.69) is 48.3 Å². The van der Waals surface area contributed by atoms with Crippen molar-refractivity contribution in [1.82, 2.24) is 10.2 Å². The van der Waals surface area contributed by atoms with E-state index in [9.17, 15) is 4.79 Å². The van der Waals surface area contributed by atoms with Gasteiger partial charge in [0.05, 0.1) is 6.04 Å². The maximum atomic E-state index is 12.7. The van der Waals surface area contributed by atoms with E-state index < -0.39 is 0 Å². The number of hydrogen-bond donors (Lipinski definition) is 1. The summed E-state index contributed by atoms with van der Waals surface area (Å²) in [6.45, 7) is 5.21. The summed E-state index contributed by atoms with van der Waals surface area (Å²) in [6, 6.07) is 8.55. The van der Waals surface area contributed by atoms with Gasteiger partial charge in [-0.15, -0.1) is 0 Å². The van der Waals surface area contributed by atoms with E-state index in [1.54, 1.807) is 0 Å². The maximum Gasteiger partial charge on any atom is 0.241 e. The van der Waals surface area contributed by atoms with Crippen LogP contribution >= 0.6 is 0 Å². The molecule has 1 saturated carbocycles. The summed E-state index contributed by atoms with van der Waals surface area (Å²) in [4.78, 5) is 14.8. The van der Waals surface area contributed by atoms with Gasteiger partial charge in [0.25, 0.3) is 0 Å². The summed E-state index contributed by atoms with van der Waals surface area (Å²) >= 11 is 0. The first-order chi connectivity index (χ1) is 10.2. The molecule has 21 heavy (non-hydrogen) atoms. The van der Waals surface area contributed by atoms with Gasteiger partial charge in [0.2, 0.25) is 5.91 Å². The largest absolute Gasteiger partial charge is 0.321 e. The molecule has 3 nitrogen and oxygen atoms in total. The van der Waals surface area contributed by atoms with E-state index >= 15 is 0 Å². The molecule has 0 radical (unpaired) electrons. The second-order valence-electron chi connectivity index (χ2n) is 6.61. The van der Waals surface area contributed by atoms with Crippen molar-refractivity contribution in [3.05, 3.63) is 35.4 Å². The third-order valence-corrected chi connectivity index (χ3v) is 4.61. The SMILES string of the molecule is CCCCC1NC(c2cccc(C)c2)N(CC2CC2)C1=O. The van der Waals surface area contributed by atoms with Crippen molar-refractivity contribution < 1.29 is 4.79 Å². The number of nitrogens with zero attached hydrogens (tertiary/aromatic N) is 1. The second-order valence-corrected chi connectivity index (χ2v) is 6.61. The number of aryl methyl sites for hydroxylation is 1. The van der Waals surface area contributed by atoms with Crippen molar-refractivity contribution in [3.8, 4) is 0 Å². The highest BCUT2D eigenvalue weighted by molar-refractivity contribution is 5.84. The van der Waals surface area contributed by atoms with Crippen LogP contribution in [0.15, 0.2) is 24.3 Å². The molecule has 1 aromatic carbocycles. The minimum absolute atomic E-state index is 0.00853. The fourth-order valence-corrected chi connectivity index (χ4v) is 3.18. The number of benzene rings is 1. The third kappa shape index (κ3) is 3.29. The molecule has 2 fully saturated rings. The van der Waals surface area contributed by atoms with Gasteiger partial charge in [0, 0.05) is 6.54 Å². The highest BCUT2D eigenvalue weighted by Gasteiger charge is 2.41. The van der Waals surface area contributed by atoms with Gasteiger partial charge < -0.3 is 4.90 Å². The lowest BCUT2D eigenvalue weighted by atomic mass is 10.1. The van der Waals surface area contributed by atoms with E-state index in [-0.39, 0.29) is 12.2 Å². The summed E-state index contributed by atoms with van der Waals surface area (Å²) in [6.07, 6.45) is 5.84. The predicted molar refractivity (Wildman–Crippen MR) is 84.8 cm³/mol. The average molecular weight is 286 g/mol. The summed E-state index contributed by atoms with van der Waals surface area (Å²) in [7, 11) is 0. The van der Waals surface area contributed by atoms with Crippen LogP contribution in [0.5, 0.6) is 0 Å². The van der Waals surface area contributed by atoms with Crippen LogP contribution in [0.1, 0.15) is 56.3 Å². The fourth-order valence-electron chi connectivity index (χ4n) is 3.18. The molecule has 1 aromatic rings. The maximum absolute atomic E-state index is 12.7. The Bertz CT molecular complexity index is 510. The molecule has 3 heteroatoms. The first kappa shape index (κ1) is 14.6.